The van der Waals surface area contributed by atoms with Crippen molar-refractivity contribution in [1.82, 2.24) is 5.06 Å². The molecule has 1 aliphatic heterocycles. The molecule has 1 saturated heterocycles. The van der Waals surface area contributed by atoms with Crippen LogP contribution in [0.3, 0.4) is 0 Å². The Balaban J connectivity index is 1.37. The zero-order valence-corrected chi connectivity index (χ0v) is 17.5. The van der Waals surface area contributed by atoms with Gasteiger partial charge >= 0.3 is 0 Å². The van der Waals surface area contributed by atoms with Crippen LogP contribution in [0.5, 0.6) is 0 Å². The molecule has 2 fully saturated rings. The standard InChI is InChI=1S/C24H25F3N2O3/c25-18-11-17(12-19(26)13-18)22-7-8-32-29(22)24(31)16-4-1-14(2-5-16)9-15-3-6-21(27)20(10-15)23(28)30/h3,6,10-14,16,22H,1-2,4-5,7-9H2,(H2,28,30)/t14?,16?,22-/m0/s1. The Labute approximate surface area is 184 Å². The van der Waals surface area contributed by atoms with E-state index in [0.29, 0.717) is 43.8 Å². The predicted octanol–water partition coefficient (Wildman–Crippen LogP) is 4.46. The summed E-state index contributed by atoms with van der Waals surface area (Å²) in [5.41, 5.74) is 6.34. The number of carbonyl (C=O) groups excluding carboxylic acids is 2. The average molecular weight is 446 g/mol. The quantitative estimate of drug-likeness (QED) is 0.737. The number of hydrogen-bond donors (Lipinski definition) is 1. The molecule has 0 radical (unpaired) electrons. The third kappa shape index (κ3) is 4.80. The molecular formula is C24H25F3N2O3. The molecule has 1 atom stereocenters. The van der Waals surface area contributed by atoms with Gasteiger partial charge < -0.3 is 5.73 Å². The zero-order valence-electron chi connectivity index (χ0n) is 17.5. The van der Waals surface area contributed by atoms with Crippen molar-refractivity contribution in [3.05, 3.63) is 70.5 Å². The molecule has 1 saturated carbocycles. The van der Waals surface area contributed by atoms with Gasteiger partial charge in [0.05, 0.1) is 18.2 Å². The molecule has 2 aromatic carbocycles. The summed E-state index contributed by atoms with van der Waals surface area (Å²) in [5.74, 6) is -2.86. The molecule has 2 aliphatic rings. The Bertz CT molecular complexity index is 1000. The first-order chi connectivity index (χ1) is 15.3. The summed E-state index contributed by atoms with van der Waals surface area (Å²) in [6.07, 6.45) is 4.08. The van der Waals surface area contributed by atoms with Gasteiger partial charge in [-0.15, -0.1) is 0 Å². The predicted molar refractivity (Wildman–Crippen MR) is 111 cm³/mol. The van der Waals surface area contributed by atoms with E-state index >= 15 is 0 Å². The van der Waals surface area contributed by atoms with Crippen molar-refractivity contribution in [3.63, 3.8) is 0 Å². The largest absolute Gasteiger partial charge is 0.366 e. The van der Waals surface area contributed by atoms with Crippen LogP contribution in [0.1, 0.15) is 59.6 Å². The van der Waals surface area contributed by atoms with Crippen molar-refractivity contribution in [2.75, 3.05) is 6.61 Å². The second-order valence-electron chi connectivity index (χ2n) is 8.60. The number of carbonyl (C=O) groups is 2. The maximum absolute atomic E-state index is 13.7. The van der Waals surface area contributed by atoms with E-state index < -0.39 is 29.4 Å². The van der Waals surface area contributed by atoms with E-state index in [1.807, 2.05) is 0 Å². The third-order valence-electron chi connectivity index (χ3n) is 6.41. The summed E-state index contributed by atoms with van der Waals surface area (Å²) < 4.78 is 41.0. The van der Waals surface area contributed by atoms with Crippen LogP contribution in [-0.4, -0.2) is 23.5 Å². The van der Waals surface area contributed by atoms with Gasteiger partial charge in [0.15, 0.2) is 0 Å². The van der Waals surface area contributed by atoms with Crippen molar-refractivity contribution >= 4 is 11.8 Å². The second-order valence-corrected chi connectivity index (χ2v) is 8.60. The van der Waals surface area contributed by atoms with Crippen LogP contribution in [0, 0.1) is 29.3 Å². The molecule has 1 heterocycles. The molecule has 170 valence electrons. The third-order valence-corrected chi connectivity index (χ3v) is 6.41. The molecule has 0 unspecified atom stereocenters. The number of amides is 2. The first-order valence-corrected chi connectivity index (χ1v) is 10.8. The summed E-state index contributed by atoms with van der Waals surface area (Å²) in [4.78, 5) is 30.0. The second kappa shape index (κ2) is 9.32. The number of hydrogen-bond acceptors (Lipinski definition) is 3. The summed E-state index contributed by atoms with van der Waals surface area (Å²) in [7, 11) is 0. The Morgan fingerprint density at radius 1 is 0.969 bits per heavy atom. The lowest BCUT2D eigenvalue weighted by Crippen LogP contribution is -2.36. The Morgan fingerprint density at radius 2 is 1.66 bits per heavy atom. The lowest BCUT2D eigenvalue weighted by molar-refractivity contribution is -0.183. The van der Waals surface area contributed by atoms with E-state index in [1.54, 1.807) is 6.07 Å². The van der Waals surface area contributed by atoms with Crippen molar-refractivity contribution in [2.24, 2.45) is 17.6 Å². The van der Waals surface area contributed by atoms with Crippen LogP contribution >= 0.6 is 0 Å². The van der Waals surface area contributed by atoms with Gasteiger partial charge in [0.25, 0.3) is 5.91 Å². The zero-order chi connectivity index (χ0) is 22.8. The maximum Gasteiger partial charge on any atom is 0.251 e. The highest BCUT2D eigenvalue weighted by atomic mass is 19.1. The van der Waals surface area contributed by atoms with Crippen LogP contribution in [0.4, 0.5) is 13.2 Å². The van der Waals surface area contributed by atoms with Gasteiger partial charge in [-0.25, -0.2) is 18.2 Å². The number of halogens is 3. The SMILES string of the molecule is NC(=O)c1cc(CC2CCC(C(=O)N3OCC[C@H]3c3cc(F)cc(F)c3)CC2)ccc1F. The molecule has 4 rings (SSSR count). The topological polar surface area (TPSA) is 72.6 Å². The number of hydroxylamine groups is 2. The van der Waals surface area contributed by atoms with Crippen LogP contribution in [0.25, 0.3) is 0 Å². The van der Waals surface area contributed by atoms with Crippen molar-refractivity contribution < 1.29 is 27.6 Å². The van der Waals surface area contributed by atoms with E-state index in [4.69, 9.17) is 10.6 Å². The normalized spacial score (nSPS) is 23.3. The number of nitrogens with zero attached hydrogens (tertiary/aromatic N) is 1. The van der Waals surface area contributed by atoms with Gasteiger partial charge in [-0.3, -0.25) is 14.4 Å². The number of nitrogens with two attached hydrogens (primary N) is 1. The smallest absolute Gasteiger partial charge is 0.251 e. The Kier molecular flexibility index (Phi) is 6.50. The Hall–Kier alpha value is -2.87. The molecule has 0 spiro atoms. The molecule has 2 amide bonds. The minimum absolute atomic E-state index is 0.114. The fourth-order valence-electron chi connectivity index (χ4n) is 4.77. The highest BCUT2D eigenvalue weighted by Crippen LogP contribution is 2.37. The van der Waals surface area contributed by atoms with Gasteiger partial charge in [-0.2, -0.15) is 0 Å². The minimum atomic E-state index is -0.794. The highest BCUT2D eigenvalue weighted by molar-refractivity contribution is 5.93. The fraction of sp³-hybridized carbons (Fsp3) is 0.417. The highest BCUT2D eigenvalue weighted by Gasteiger charge is 2.37. The minimum Gasteiger partial charge on any atom is -0.366 e. The van der Waals surface area contributed by atoms with E-state index in [2.05, 4.69) is 0 Å². The van der Waals surface area contributed by atoms with Crippen molar-refractivity contribution in [1.29, 1.82) is 0 Å². The van der Waals surface area contributed by atoms with Gasteiger partial charge in [-0.05, 0) is 73.4 Å². The van der Waals surface area contributed by atoms with Crippen LogP contribution in [-0.2, 0) is 16.1 Å². The lowest BCUT2D eigenvalue weighted by atomic mass is 9.78. The molecule has 32 heavy (non-hydrogen) atoms. The van der Waals surface area contributed by atoms with Crippen LogP contribution < -0.4 is 5.73 Å². The van der Waals surface area contributed by atoms with E-state index in [1.165, 1.54) is 29.3 Å². The molecule has 2 aromatic rings. The molecule has 1 aliphatic carbocycles. The molecule has 0 bridgehead atoms. The number of rotatable bonds is 5. The fourth-order valence-corrected chi connectivity index (χ4v) is 4.77. The summed E-state index contributed by atoms with van der Waals surface area (Å²) in [6.45, 7) is 0.316. The van der Waals surface area contributed by atoms with Crippen molar-refractivity contribution in [3.8, 4) is 0 Å². The van der Waals surface area contributed by atoms with Gasteiger partial charge in [-0.1, -0.05) is 6.07 Å². The molecule has 5 nitrogen and oxygen atoms in total. The van der Waals surface area contributed by atoms with E-state index in [0.717, 1.165) is 24.5 Å². The average Bonchev–Trinajstić information content (AvgIpc) is 3.24. The summed E-state index contributed by atoms with van der Waals surface area (Å²) >= 11 is 0. The van der Waals surface area contributed by atoms with E-state index in [-0.39, 0.29) is 17.4 Å². The maximum atomic E-state index is 13.7. The number of benzene rings is 2. The molecule has 8 heteroatoms. The van der Waals surface area contributed by atoms with E-state index in [9.17, 15) is 22.8 Å². The van der Waals surface area contributed by atoms with Gasteiger partial charge in [0.1, 0.15) is 17.5 Å². The van der Waals surface area contributed by atoms with Crippen LogP contribution in [0.2, 0.25) is 0 Å². The summed E-state index contributed by atoms with van der Waals surface area (Å²) in [5, 5.41) is 1.29. The van der Waals surface area contributed by atoms with Crippen LogP contribution in [0.15, 0.2) is 36.4 Å². The lowest BCUT2D eigenvalue weighted by Gasteiger charge is -2.32. The Morgan fingerprint density at radius 3 is 2.31 bits per heavy atom. The molecule has 0 aromatic heterocycles. The summed E-state index contributed by atoms with van der Waals surface area (Å²) in [6, 6.07) is 7.18. The number of primary amides is 1. The van der Waals surface area contributed by atoms with Gasteiger partial charge in [0, 0.05) is 18.4 Å². The van der Waals surface area contributed by atoms with Crippen molar-refractivity contribution in [2.45, 2.75) is 44.6 Å². The molecule has 2 N–H and O–H groups in total. The molecular weight excluding hydrogens is 421 g/mol. The first-order valence-electron chi connectivity index (χ1n) is 10.8. The monoisotopic (exact) mass is 446 g/mol. The van der Waals surface area contributed by atoms with Gasteiger partial charge in [0.2, 0.25) is 5.91 Å². The first kappa shape index (κ1) is 22.3.